The zero-order chi connectivity index (χ0) is 19.7. The molecular formula is C22H26N2O3S. The molecule has 0 spiro atoms. The number of hydrogen-bond acceptors (Lipinski definition) is 3. The van der Waals surface area contributed by atoms with Crippen LogP contribution in [-0.4, -0.2) is 43.7 Å². The molecule has 6 heteroatoms. The van der Waals surface area contributed by atoms with E-state index in [0.717, 1.165) is 19.3 Å². The van der Waals surface area contributed by atoms with Crippen LogP contribution in [0.25, 0.3) is 0 Å². The maximum Gasteiger partial charge on any atom is 0.243 e. The van der Waals surface area contributed by atoms with Gasteiger partial charge in [-0.3, -0.25) is 4.79 Å². The molecule has 2 aromatic carbocycles. The second-order valence-electron chi connectivity index (χ2n) is 7.72. The van der Waals surface area contributed by atoms with E-state index in [1.807, 2.05) is 24.1 Å². The number of piperidine rings is 1. The van der Waals surface area contributed by atoms with Crippen molar-refractivity contribution in [1.82, 2.24) is 9.21 Å². The fourth-order valence-corrected chi connectivity index (χ4v) is 6.03. The van der Waals surface area contributed by atoms with Crippen LogP contribution in [0.4, 0.5) is 0 Å². The van der Waals surface area contributed by atoms with Gasteiger partial charge in [0.1, 0.15) is 0 Å². The molecule has 1 amide bonds. The van der Waals surface area contributed by atoms with Crippen LogP contribution < -0.4 is 0 Å². The third-order valence-corrected chi connectivity index (χ3v) is 7.91. The Bertz CT molecular complexity index is 959. The van der Waals surface area contributed by atoms with Crippen LogP contribution >= 0.6 is 0 Å². The monoisotopic (exact) mass is 398 g/mol. The van der Waals surface area contributed by atoms with Crippen molar-refractivity contribution < 1.29 is 13.2 Å². The molecule has 4 rings (SSSR count). The van der Waals surface area contributed by atoms with E-state index in [4.69, 9.17) is 0 Å². The molecule has 1 heterocycles. The maximum atomic E-state index is 13.2. The van der Waals surface area contributed by atoms with Crippen molar-refractivity contribution >= 4 is 15.9 Å². The van der Waals surface area contributed by atoms with Gasteiger partial charge < -0.3 is 4.90 Å². The van der Waals surface area contributed by atoms with Gasteiger partial charge in [-0.2, -0.15) is 4.31 Å². The van der Waals surface area contributed by atoms with Crippen molar-refractivity contribution in [2.75, 3.05) is 20.1 Å². The summed E-state index contributed by atoms with van der Waals surface area (Å²) in [7, 11) is -1.70. The largest absolute Gasteiger partial charge is 0.338 e. The molecule has 1 fully saturated rings. The summed E-state index contributed by atoms with van der Waals surface area (Å²) in [6.45, 7) is 0.728. The highest BCUT2D eigenvalue weighted by atomic mass is 32.2. The summed E-state index contributed by atoms with van der Waals surface area (Å²) in [6.07, 6.45) is 3.36. The number of sulfonamides is 1. The highest BCUT2D eigenvalue weighted by Gasteiger charge is 2.37. The molecule has 5 nitrogen and oxygen atoms in total. The van der Waals surface area contributed by atoms with Crippen molar-refractivity contribution in [2.24, 2.45) is 5.92 Å². The minimum atomic E-state index is -3.56. The number of rotatable bonds is 4. The lowest BCUT2D eigenvalue weighted by Crippen LogP contribution is -2.46. The van der Waals surface area contributed by atoms with Gasteiger partial charge in [-0.25, -0.2) is 8.42 Å². The topological polar surface area (TPSA) is 57.7 Å². The molecule has 28 heavy (non-hydrogen) atoms. The Morgan fingerprint density at radius 3 is 2.54 bits per heavy atom. The van der Waals surface area contributed by atoms with Crippen LogP contribution in [0.5, 0.6) is 0 Å². The number of nitrogens with zero attached hydrogens (tertiary/aromatic N) is 2. The van der Waals surface area contributed by atoms with Crippen molar-refractivity contribution in [3.8, 4) is 0 Å². The molecule has 1 aliphatic carbocycles. The highest BCUT2D eigenvalue weighted by molar-refractivity contribution is 7.89. The Morgan fingerprint density at radius 1 is 1.04 bits per heavy atom. The van der Waals surface area contributed by atoms with Crippen LogP contribution in [0, 0.1) is 5.92 Å². The Labute approximate surface area is 167 Å². The minimum Gasteiger partial charge on any atom is -0.338 e. The van der Waals surface area contributed by atoms with Crippen molar-refractivity contribution in [3.05, 3.63) is 65.7 Å². The molecule has 1 saturated heterocycles. The molecule has 2 unspecified atom stereocenters. The van der Waals surface area contributed by atoms with Gasteiger partial charge in [-0.05, 0) is 48.9 Å². The van der Waals surface area contributed by atoms with Gasteiger partial charge in [0.15, 0.2) is 0 Å². The number of benzene rings is 2. The van der Waals surface area contributed by atoms with E-state index in [1.165, 1.54) is 15.4 Å². The summed E-state index contributed by atoms with van der Waals surface area (Å²) >= 11 is 0. The maximum absolute atomic E-state index is 13.2. The van der Waals surface area contributed by atoms with Gasteiger partial charge in [0.2, 0.25) is 15.9 Å². The Balaban J connectivity index is 1.50. The highest BCUT2D eigenvalue weighted by Crippen LogP contribution is 2.36. The molecule has 1 aliphatic heterocycles. The molecule has 0 N–H and O–H groups in total. The summed E-state index contributed by atoms with van der Waals surface area (Å²) in [5, 5.41) is 0. The number of aryl methyl sites for hydroxylation is 1. The standard InChI is InChI=1S/C22H26N2O3S/c1-23(21-14-13-17-8-5-6-12-20(17)21)22(25)18-9-7-15-24(16-18)28(26,27)19-10-3-2-4-11-19/h2-6,8,10-12,18,21H,7,9,13-16H2,1H3. The predicted octanol–water partition coefficient (Wildman–Crippen LogP) is 3.23. The first-order valence-corrected chi connectivity index (χ1v) is 11.3. The molecule has 2 aliphatic rings. The lowest BCUT2D eigenvalue weighted by atomic mass is 9.97. The summed E-state index contributed by atoms with van der Waals surface area (Å²) in [5.41, 5.74) is 2.53. The zero-order valence-corrected chi connectivity index (χ0v) is 16.9. The van der Waals surface area contributed by atoms with Crippen LogP contribution in [0.3, 0.4) is 0 Å². The van der Waals surface area contributed by atoms with Crippen molar-refractivity contribution in [3.63, 3.8) is 0 Å². The number of carbonyl (C=O) groups is 1. The fourth-order valence-electron chi connectivity index (χ4n) is 4.48. The quantitative estimate of drug-likeness (QED) is 0.794. The molecule has 0 saturated carbocycles. The third-order valence-electron chi connectivity index (χ3n) is 6.03. The average molecular weight is 399 g/mol. The van der Waals surface area contributed by atoms with E-state index in [1.54, 1.807) is 30.3 Å². The number of hydrogen-bond donors (Lipinski definition) is 0. The van der Waals surface area contributed by atoms with Crippen molar-refractivity contribution in [1.29, 1.82) is 0 Å². The van der Waals surface area contributed by atoms with Gasteiger partial charge in [0, 0.05) is 20.1 Å². The first-order valence-electron chi connectivity index (χ1n) is 9.88. The second-order valence-corrected chi connectivity index (χ2v) is 9.66. The number of fused-ring (bicyclic) bond motifs is 1. The van der Waals surface area contributed by atoms with E-state index in [-0.39, 0.29) is 24.4 Å². The molecule has 2 aromatic rings. The molecular weight excluding hydrogens is 372 g/mol. The van der Waals surface area contributed by atoms with E-state index < -0.39 is 10.0 Å². The van der Waals surface area contributed by atoms with Gasteiger partial charge >= 0.3 is 0 Å². The normalized spacial score (nSPS) is 22.6. The smallest absolute Gasteiger partial charge is 0.243 e. The molecule has 0 aromatic heterocycles. The molecule has 2 atom stereocenters. The van der Waals surface area contributed by atoms with E-state index in [9.17, 15) is 13.2 Å². The lowest BCUT2D eigenvalue weighted by Gasteiger charge is -2.35. The summed E-state index contributed by atoms with van der Waals surface area (Å²) in [4.78, 5) is 15.3. The number of amides is 1. The van der Waals surface area contributed by atoms with Gasteiger partial charge in [0.25, 0.3) is 0 Å². The molecule has 148 valence electrons. The van der Waals surface area contributed by atoms with Gasteiger partial charge in [-0.15, -0.1) is 0 Å². The SMILES string of the molecule is CN(C(=O)C1CCCN(S(=O)(=O)c2ccccc2)C1)C1CCc2ccccc21. The van der Waals surface area contributed by atoms with Crippen LogP contribution in [0.2, 0.25) is 0 Å². The van der Waals surface area contributed by atoms with Crippen LogP contribution in [0.1, 0.15) is 36.4 Å². The Kier molecular flexibility index (Phi) is 5.25. The molecule has 0 radical (unpaired) electrons. The summed E-state index contributed by atoms with van der Waals surface area (Å²) in [6, 6.07) is 16.9. The minimum absolute atomic E-state index is 0.0506. The summed E-state index contributed by atoms with van der Waals surface area (Å²) < 4.78 is 27.4. The van der Waals surface area contributed by atoms with Crippen molar-refractivity contribution in [2.45, 2.75) is 36.6 Å². The number of carbonyl (C=O) groups excluding carboxylic acids is 1. The van der Waals surface area contributed by atoms with Gasteiger partial charge in [0.05, 0.1) is 16.9 Å². The first-order chi connectivity index (χ1) is 13.5. The average Bonchev–Trinajstić information content (AvgIpc) is 3.17. The third kappa shape index (κ3) is 3.47. The Hall–Kier alpha value is -2.18. The summed E-state index contributed by atoms with van der Waals surface area (Å²) in [5.74, 6) is -0.236. The van der Waals surface area contributed by atoms with Gasteiger partial charge in [-0.1, -0.05) is 42.5 Å². The van der Waals surface area contributed by atoms with E-state index in [0.29, 0.717) is 17.9 Å². The van der Waals surface area contributed by atoms with E-state index >= 15 is 0 Å². The van der Waals surface area contributed by atoms with Crippen LogP contribution in [0.15, 0.2) is 59.5 Å². The predicted molar refractivity (Wildman–Crippen MR) is 108 cm³/mol. The van der Waals surface area contributed by atoms with Crippen LogP contribution in [-0.2, 0) is 21.2 Å². The second kappa shape index (κ2) is 7.68. The zero-order valence-electron chi connectivity index (χ0n) is 16.1. The van der Waals surface area contributed by atoms with E-state index in [2.05, 4.69) is 12.1 Å². The Morgan fingerprint density at radius 2 is 1.75 bits per heavy atom. The molecule has 0 bridgehead atoms. The fraction of sp³-hybridized carbons (Fsp3) is 0.409. The lowest BCUT2D eigenvalue weighted by molar-refractivity contribution is -0.137. The first kappa shape index (κ1) is 19.2.